The van der Waals surface area contributed by atoms with Crippen molar-refractivity contribution >= 4 is 27.6 Å². The molecule has 0 heterocycles. The van der Waals surface area contributed by atoms with E-state index < -0.39 is 16.1 Å². The third-order valence-corrected chi connectivity index (χ3v) is 5.27. The average Bonchev–Trinajstić information content (AvgIpc) is 2.65. The van der Waals surface area contributed by atoms with Gasteiger partial charge < -0.3 is 15.5 Å². The van der Waals surface area contributed by atoms with Crippen molar-refractivity contribution < 1.29 is 18.0 Å². The SMILES string of the molecule is CC(C)NC(=O)Nc1cccc(C(=O)N(C)C(C)c2cccc(S(N)(=O)=O)c2)c1. The maximum absolute atomic E-state index is 12.9. The largest absolute Gasteiger partial charge is 0.336 e. The van der Waals surface area contributed by atoms with Gasteiger partial charge in [0.1, 0.15) is 0 Å². The number of benzene rings is 2. The van der Waals surface area contributed by atoms with Crippen molar-refractivity contribution in [2.75, 3.05) is 12.4 Å². The smallest absolute Gasteiger partial charge is 0.319 e. The zero-order valence-electron chi connectivity index (χ0n) is 16.8. The number of hydrogen-bond donors (Lipinski definition) is 3. The molecule has 0 fully saturated rings. The molecule has 0 aliphatic carbocycles. The van der Waals surface area contributed by atoms with E-state index in [1.807, 2.05) is 13.8 Å². The number of primary sulfonamides is 1. The topological polar surface area (TPSA) is 122 Å². The molecular formula is C20H26N4O4S. The first-order valence-electron chi connectivity index (χ1n) is 9.06. The number of amides is 3. The molecule has 0 saturated heterocycles. The van der Waals surface area contributed by atoms with Crippen LogP contribution in [0, 0.1) is 0 Å². The van der Waals surface area contributed by atoms with Crippen molar-refractivity contribution in [1.29, 1.82) is 0 Å². The highest BCUT2D eigenvalue weighted by molar-refractivity contribution is 7.89. The first kappa shape index (κ1) is 22.4. The summed E-state index contributed by atoms with van der Waals surface area (Å²) in [5.74, 6) is -0.272. The summed E-state index contributed by atoms with van der Waals surface area (Å²) in [6, 6.07) is 12.0. The minimum absolute atomic E-state index is 0.00920. The summed E-state index contributed by atoms with van der Waals surface area (Å²) in [7, 11) is -2.21. The minimum atomic E-state index is -3.83. The summed E-state index contributed by atoms with van der Waals surface area (Å²) >= 11 is 0. The van der Waals surface area contributed by atoms with Gasteiger partial charge in [0, 0.05) is 24.3 Å². The summed E-state index contributed by atoms with van der Waals surface area (Å²) < 4.78 is 23.2. The lowest BCUT2D eigenvalue weighted by molar-refractivity contribution is 0.0742. The second-order valence-electron chi connectivity index (χ2n) is 7.04. The van der Waals surface area contributed by atoms with Gasteiger partial charge in [0.2, 0.25) is 10.0 Å². The molecule has 0 aliphatic heterocycles. The standard InChI is InChI=1S/C20H26N4O4S/c1-13(2)22-20(26)23-17-9-5-8-16(11-17)19(25)24(4)14(3)15-7-6-10-18(12-15)29(21,27)28/h5-14H,1-4H3,(H2,21,27,28)(H2,22,23,26). The van der Waals surface area contributed by atoms with Crippen molar-refractivity contribution in [1.82, 2.24) is 10.2 Å². The number of carbonyl (C=O) groups is 2. The van der Waals surface area contributed by atoms with Gasteiger partial charge in [-0.05, 0) is 56.7 Å². The molecule has 0 aliphatic rings. The van der Waals surface area contributed by atoms with Gasteiger partial charge in [-0.25, -0.2) is 18.4 Å². The van der Waals surface area contributed by atoms with Gasteiger partial charge in [0.05, 0.1) is 10.9 Å². The Kier molecular flexibility index (Phi) is 6.99. The first-order chi connectivity index (χ1) is 13.5. The van der Waals surface area contributed by atoms with E-state index >= 15 is 0 Å². The molecule has 156 valence electrons. The van der Waals surface area contributed by atoms with E-state index in [-0.39, 0.29) is 22.9 Å². The van der Waals surface area contributed by atoms with Crippen LogP contribution in [-0.4, -0.2) is 38.3 Å². The number of nitrogens with zero attached hydrogens (tertiary/aromatic N) is 1. The van der Waals surface area contributed by atoms with E-state index in [1.54, 1.807) is 50.4 Å². The molecule has 0 bridgehead atoms. The molecule has 2 rings (SSSR count). The molecule has 2 aromatic rings. The molecule has 1 atom stereocenters. The zero-order valence-corrected chi connectivity index (χ0v) is 17.7. The number of rotatable bonds is 6. The average molecular weight is 419 g/mol. The maximum Gasteiger partial charge on any atom is 0.319 e. The van der Waals surface area contributed by atoms with Crippen LogP contribution in [0.15, 0.2) is 53.4 Å². The highest BCUT2D eigenvalue weighted by atomic mass is 32.2. The van der Waals surface area contributed by atoms with Crippen LogP contribution in [-0.2, 0) is 10.0 Å². The lowest BCUT2D eigenvalue weighted by atomic mass is 10.1. The minimum Gasteiger partial charge on any atom is -0.336 e. The Morgan fingerprint density at radius 1 is 1.03 bits per heavy atom. The first-order valence-corrected chi connectivity index (χ1v) is 10.6. The van der Waals surface area contributed by atoms with Crippen LogP contribution >= 0.6 is 0 Å². The molecule has 29 heavy (non-hydrogen) atoms. The van der Waals surface area contributed by atoms with E-state index in [4.69, 9.17) is 5.14 Å². The molecule has 0 spiro atoms. The number of carbonyl (C=O) groups excluding carboxylic acids is 2. The Balaban J connectivity index is 2.19. The predicted molar refractivity (Wildman–Crippen MR) is 112 cm³/mol. The molecule has 8 nitrogen and oxygen atoms in total. The van der Waals surface area contributed by atoms with E-state index in [0.29, 0.717) is 16.8 Å². The Hall–Kier alpha value is -2.91. The summed E-state index contributed by atoms with van der Waals surface area (Å²) in [4.78, 5) is 26.3. The van der Waals surface area contributed by atoms with Crippen molar-refractivity contribution in [3.8, 4) is 0 Å². The molecule has 0 saturated carbocycles. The van der Waals surface area contributed by atoms with Crippen LogP contribution in [0.25, 0.3) is 0 Å². The van der Waals surface area contributed by atoms with Gasteiger partial charge in [-0.1, -0.05) is 18.2 Å². The summed E-state index contributed by atoms with van der Waals surface area (Å²) in [6.45, 7) is 5.49. The van der Waals surface area contributed by atoms with E-state index in [2.05, 4.69) is 10.6 Å². The van der Waals surface area contributed by atoms with Crippen molar-refractivity contribution in [2.45, 2.75) is 37.8 Å². The van der Waals surface area contributed by atoms with E-state index in [0.717, 1.165) is 0 Å². The molecule has 0 radical (unpaired) electrons. The number of nitrogens with one attached hydrogen (secondary N) is 2. The Bertz CT molecular complexity index is 1010. The maximum atomic E-state index is 12.9. The fourth-order valence-electron chi connectivity index (χ4n) is 2.71. The predicted octanol–water partition coefficient (Wildman–Crippen LogP) is 2.70. The van der Waals surface area contributed by atoms with Crippen LogP contribution in [0.5, 0.6) is 0 Å². The van der Waals surface area contributed by atoms with Gasteiger partial charge in [-0.2, -0.15) is 0 Å². The van der Waals surface area contributed by atoms with Crippen molar-refractivity contribution in [2.24, 2.45) is 5.14 Å². The van der Waals surface area contributed by atoms with Gasteiger partial charge in [0.15, 0.2) is 0 Å². The highest BCUT2D eigenvalue weighted by Gasteiger charge is 2.21. The molecule has 2 aromatic carbocycles. The summed E-state index contributed by atoms with van der Waals surface area (Å²) in [6.07, 6.45) is 0. The number of anilines is 1. The fraction of sp³-hybridized carbons (Fsp3) is 0.300. The normalized spacial score (nSPS) is 12.3. The van der Waals surface area contributed by atoms with Crippen LogP contribution in [0.2, 0.25) is 0 Å². The van der Waals surface area contributed by atoms with Gasteiger partial charge in [0.25, 0.3) is 5.91 Å². The van der Waals surface area contributed by atoms with Gasteiger partial charge in [-0.3, -0.25) is 4.79 Å². The Morgan fingerprint density at radius 3 is 2.31 bits per heavy atom. The summed E-state index contributed by atoms with van der Waals surface area (Å²) in [5.41, 5.74) is 1.52. The van der Waals surface area contributed by atoms with Crippen LogP contribution in [0.1, 0.15) is 42.7 Å². The van der Waals surface area contributed by atoms with Crippen molar-refractivity contribution in [3.05, 3.63) is 59.7 Å². The number of hydrogen-bond acceptors (Lipinski definition) is 4. The van der Waals surface area contributed by atoms with E-state index in [9.17, 15) is 18.0 Å². The lowest BCUT2D eigenvalue weighted by Gasteiger charge is -2.26. The number of nitrogens with two attached hydrogens (primary N) is 1. The number of urea groups is 1. The second kappa shape index (κ2) is 9.06. The van der Waals surface area contributed by atoms with Gasteiger partial charge >= 0.3 is 6.03 Å². The van der Waals surface area contributed by atoms with E-state index in [1.165, 1.54) is 17.0 Å². The Morgan fingerprint density at radius 2 is 1.69 bits per heavy atom. The summed E-state index contributed by atoms with van der Waals surface area (Å²) in [5, 5.41) is 10.6. The second-order valence-corrected chi connectivity index (χ2v) is 8.60. The lowest BCUT2D eigenvalue weighted by Crippen LogP contribution is -2.34. The Labute approximate surface area is 171 Å². The highest BCUT2D eigenvalue weighted by Crippen LogP contribution is 2.23. The van der Waals surface area contributed by atoms with Gasteiger partial charge in [-0.15, -0.1) is 0 Å². The molecule has 1 unspecified atom stereocenters. The number of sulfonamides is 1. The monoisotopic (exact) mass is 418 g/mol. The van der Waals surface area contributed by atoms with Crippen LogP contribution in [0.3, 0.4) is 0 Å². The van der Waals surface area contributed by atoms with Crippen LogP contribution < -0.4 is 15.8 Å². The fourth-order valence-corrected chi connectivity index (χ4v) is 3.28. The molecule has 4 N–H and O–H groups in total. The molecule has 9 heteroatoms. The quantitative estimate of drug-likeness (QED) is 0.667. The zero-order chi connectivity index (χ0) is 21.8. The molecule has 0 aromatic heterocycles. The van der Waals surface area contributed by atoms with Crippen LogP contribution in [0.4, 0.5) is 10.5 Å². The molecule has 3 amide bonds. The van der Waals surface area contributed by atoms with Crippen molar-refractivity contribution in [3.63, 3.8) is 0 Å². The molecular weight excluding hydrogens is 392 g/mol. The third kappa shape index (κ3) is 6.03. The third-order valence-electron chi connectivity index (χ3n) is 4.36.